The largest absolute Gasteiger partial charge is 0.361 e. The van der Waals surface area contributed by atoms with Crippen molar-refractivity contribution in [3.63, 3.8) is 0 Å². The number of fused-ring (bicyclic) bond motifs is 1. The fourth-order valence-electron chi connectivity index (χ4n) is 2.58. The fraction of sp³-hybridized carbons (Fsp3) is 0.400. The van der Waals surface area contributed by atoms with E-state index in [1.807, 2.05) is 18.2 Å². The first kappa shape index (κ1) is 12.5. The van der Waals surface area contributed by atoms with E-state index in [1.54, 1.807) is 0 Å². The molecule has 1 aliphatic carbocycles. The van der Waals surface area contributed by atoms with Crippen LogP contribution in [0.25, 0.3) is 11.0 Å². The van der Waals surface area contributed by atoms with Gasteiger partial charge in [-0.3, -0.25) is 4.90 Å². The summed E-state index contributed by atoms with van der Waals surface area (Å²) in [6, 6.07) is 7.99. The lowest BCUT2D eigenvalue weighted by Crippen LogP contribution is -2.17. The summed E-state index contributed by atoms with van der Waals surface area (Å²) in [6.07, 6.45) is 2.46. The molecule has 6 heteroatoms. The van der Waals surface area contributed by atoms with E-state index in [1.165, 1.54) is 12.8 Å². The number of benzene rings is 1. The van der Waals surface area contributed by atoms with Crippen molar-refractivity contribution in [3.05, 3.63) is 41.3 Å². The molecule has 2 heterocycles. The highest BCUT2D eigenvalue weighted by atomic mass is 16.6. The Morgan fingerprint density at radius 1 is 1.19 bits per heavy atom. The predicted molar refractivity (Wildman–Crippen MR) is 75.5 cm³/mol. The summed E-state index contributed by atoms with van der Waals surface area (Å²) < 4.78 is 10.2. The second-order valence-electron chi connectivity index (χ2n) is 5.72. The highest BCUT2D eigenvalue weighted by Gasteiger charge is 2.27. The molecule has 0 spiro atoms. The normalized spacial score (nSPS) is 15.1. The van der Waals surface area contributed by atoms with Gasteiger partial charge in [0.05, 0.1) is 5.69 Å². The van der Waals surface area contributed by atoms with Gasteiger partial charge >= 0.3 is 0 Å². The Hall–Kier alpha value is -2.21. The molecular weight excluding hydrogens is 268 g/mol. The molecule has 108 valence electrons. The fourth-order valence-corrected chi connectivity index (χ4v) is 2.58. The van der Waals surface area contributed by atoms with Gasteiger partial charge in [0.15, 0.2) is 0 Å². The number of nitrogens with zero attached hydrogens (tertiary/aromatic N) is 4. The average molecular weight is 284 g/mol. The van der Waals surface area contributed by atoms with Crippen LogP contribution in [0.4, 0.5) is 0 Å². The first-order valence-corrected chi connectivity index (χ1v) is 7.14. The third-order valence-electron chi connectivity index (χ3n) is 3.80. The molecule has 0 N–H and O–H groups in total. The quantitative estimate of drug-likeness (QED) is 0.717. The second kappa shape index (κ2) is 4.96. The first-order chi connectivity index (χ1) is 10.3. The molecule has 4 rings (SSSR count). The molecule has 6 nitrogen and oxygen atoms in total. The summed E-state index contributed by atoms with van der Waals surface area (Å²) in [5, 5.41) is 12.0. The lowest BCUT2D eigenvalue weighted by molar-refractivity contribution is 0.299. The minimum absolute atomic E-state index is 0.603. The Balaban J connectivity index is 1.47. The zero-order chi connectivity index (χ0) is 14.2. The topological polar surface area (TPSA) is 68.2 Å². The van der Waals surface area contributed by atoms with E-state index in [0.29, 0.717) is 5.92 Å². The van der Waals surface area contributed by atoms with Crippen molar-refractivity contribution in [2.75, 3.05) is 7.05 Å². The van der Waals surface area contributed by atoms with Crippen molar-refractivity contribution < 1.29 is 9.15 Å². The van der Waals surface area contributed by atoms with Crippen molar-refractivity contribution in [2.24, 2.45) is 0 Å². The summed E-state index contributed by atoms with van der Waals surface area (Å²) in [4.78, 5) is 2.18. The molecule has 0 radical (unpaired) electrons. The van der Waals surface area contributed by atoms with Gasteiger partial charge in [-0.05, 0) is 41.8 Å². The maximum atomic E-state index is 5.38. The maximum Gasteiger partial charge on any atom is 0.140 e. The van der Waals surface area contributed by atoms with Crippen molar-refractivity contribution in [1.82, 2.24) is 20.4 Å². The molecule has 1 aliphatic rings. The molecule has 2 aromatic heterocycles. The number of hydrogen-bond acceptors (Lipinski definition) is 6. The van der Waals surface area contributed by atoms with E-state index in [4.69, 9.17) is 9.15 Å². The Bertz CT molecular complexity index is 760. The van der Waals surface area contributed by atoms with Gasteiger partial charge in [0.1, 0.15) is 16.8 Å². The molecule has 1 saturated carbocycles. The summed E-state index contributed by atoms with van der Waals surface area (Å²) in [6.45, 7) is 1.51. The summed E-state index contributed by atoms with van der Waals surface area (Å²) in [5.41, 5.74) is 3.69. The molecular formula is C15H16N4O2. The van der Waals surface area contributed by atoms with Crippen LogP contribution in [-0.2, 0) is 13.1 Å². The van der Waals surface area contributed by atoms with E-state index >= 15 is 0 Å². The van der Waals surface area contributed by atoms with Crippen LogP contribution in [0.2, 0.25) is 0 Å². The van der Waals surface area contributed by atoms with Crippen LogP contribution in [-0.4, -0.2) is 27.4 Å². The van der Waals surface area contributed by atoms with Crippen molar-refractivity contribution in [2.45, 2.75) is 31.8 Å². The molecule has 21 heavy (non-hydrogen) atoms. The van der Waals surface area contributed by atoms with Gasteiger partial charge in [0.25, 0.3) is 0 Å². The lowest BCUT2D eigenvalue weighted by Gasteiger charge is -2.14. The van der Waals surface area contributed by atoms with Crippen LogP contribution in [0.1, 0.15) is 35.8 Å². The molecule has 0 atom stereocenters. The van der Waals surface area contributed by atoms with E-state index in [-0.39, 0.29) is 0 Å². The predicted octanol–water partition coefficient (Wildman–Crippen LogP) is 2.72. The third kappa shape index (κ3) is 2.54. The minimum Gasteiger partial charge on any atom is -0.361 e. The van der Waals surface area contributed by atoms with Crippen molar-refractivity contribution in [3.8, 4) is 0 Å². The molecule has 1 fully saturated rings. The second-order valence-corrected chi connectivity index (χ2v) is 5.72. The summed E-state index contributed by atoms with van der Waals surface area (Å²) >= 11 is 0. The Morgan fingerprint density at radius 2 is 2.10 bits per heavy atom. The van der Waals surface area contributed by atoms with E-state index in [0.717, 1.165) is 41.1 Å². The number of rotatable bonds is 5. The number of hydrogen-bond donors (Lipinski definition) is 0. The highest BCUT2D eigenvalue weighted by Crippen LogP contribution is 2.40. The molecule has 0 aliphatic heterocycles. The van der Waals surface area contributed by atoms with Crippen LogP contribution in [0.5, 0.6) is 0 Å². The Kier molecular flexibility index (Phi) is 2.96. The molecule has 3 aromatic rings. The summed E-state index contributed by atoms with van der Waals surface area (Å²) in [5.74, 6) is 1.63. The first-order valence-electron chi connectivity index (χ1n) is 7.14. The smallest absolute Gasteiger partial charge is 0.140 e. The van der Waals surface area contributed by atoms with Gasteiger partial charge < -0.3 is 4.52 Å². The molecule has 0 saturated heterocycles. The number of aromatic nitrogens is 3. The Morgan fingerprint density at radius 3 is 2.95 bits per heavy atom. The van der Waals surface area contributed by atoms with Crippen molar-refractivity contribution >= 4 is 11.0 Å². The third-order valence-corrected chi connectivity index (χ3v) is 3.80. The maximum absolute atomic E-state index is 5.38. The van der Waals surface area contributed by atoms with Crippen LogP contribution in [0.3, 0.4) is 0 Å². The van der Waals surface area contributed by atoms with Gasteiger partial charge in [0.2, 0.25) is 0 Å². The van der Waals surface area contributed by atoms with Crippen LogP contribution >= 0.6 is 0 Å². The highest BCUT2D eigenvalue weighted by molar-refractivity contribution is 5.76. The standard InChI is InChI=1S/C15H16N4O2/c1-19(9-12-7-14(20-16-12)10-5-6-10)8-11-3-2-4-13-15(11)18-21-17-13/h2-4,7,10H,5-6,8-9H2,1H3. The van der Waals surface area contributed by atoms with Crippen LogP contribution in [0.15, 0.2) is 33.4 Å². The van der Waals surface area contributed by atoms with Gasteiger partial charge in [-0.2, -0.15) is 0 Å². The monoisotopic (exact) mass is 284 g/mol. The molecule has 1 aromatic carbocycles. The SMILES string of the molecule is CN(Cc1cc(C2CC2)on1)Cc1cccc2nonc12. The van der Waals surface area contributed by atoms with E-state index < -0.39 is 0 Å². The van der Waals surface area contributed by atoms with Gasteiger partial charge in [-0.25, -0.2) is 4.63 Å². The molecule has 0 amide bonds. The van der Waals surface area contributed by atoms with E-state index in [9.17, 15) is 0 Å². The van der Waals surface area contributed by atoms with Gasteiger partial charge in [-0.1, -0.05) is 17.3 Å². The van der Waals surface area contributed by atoms with E-state index in [2.05, 4.69) is 33.5 Å². The Labute approximate surface area is 121 Å². The molecule has 0 bridgehead atoms. The van der Waals surface area contributed by atoms with Crippen LogP contribution < -0.4 is 0 Å². The van der Waals surface area contributed by atoms with Gasteiger partial charge in [-0.15, -0.1) is 0 Å². The molecule has 0 unspecified atom stereocenters. The zero-order valence-electron chi connectivity index (χ0n) is 11.8. The average Bonchev–Trinajstić information content (AvgIpc) is 3.02. The zero-order valence-corrected chi connectivity index (χ0v) is 11.8. The lowest BCUT2D eigenvalue weighted by atomic mass is 10.1. The van der Waals surface area contributed by atoms with Crippen molar-refractivity contribution in [1.29, 1.82) is 0 Å². The van der Waals surface area contributed by atoms with Gasteiger partial charge in [0, 0.05) is 25.1 Å². The van der Waals surface area contributed by atoms with Crippen LogP contribution in [0, 0.1) is 0 Å². The summed E-state index contributed by atoms with van der Waals surface area (Å²) in [7, 11) is 2.05. The minimum atomic E-state index is 0.603.